The van der Waals surface area contributed by atoms with Crippen molar-refractivity contribution in [3.63, 3.8) is 0 Å². The summed E-state index contributed by atoms with van der Waals surface area (Å²) < 4.78 is 5.32. The third kappa shape index (κ3) is 3.04. The van der Waals surface area contributed by atoms with E-state index in [9.17, 15) is 5.21 Å². The van der Waals surface area contributed by atoms with E-state index in [1.807, 2.05) is 6.07 Å². The summed E-state index contributed by atoms with van der Waals surface area (Å²) in [6.45, 7) is 3.95. The Morgan fingerprint density at radius 2 is 2.17 bits per heavy atom. The minimum Gasteiger partial charge on any atom is -0.594 e. The van der Waals surface area contributed by atoms with Crippen molar-refractivity contribution in [2.45, 2.75) is 13.3 Å². The first kappa shape index (κ1) is 12.5. The van der Waals surface area contributed by atoms with Crippen LogP contribution >= 0.6 is 0 Å². The molecule has 0 atom stereocenters. The average molecular weight is 248 g/mol. The van der Waals surface area contributed by atoms with Crippen LogP contribution in [0.15, 0.2) is 24.3 Å². The Balaban J connectivity index is 2.01. The summed E-state index contributed by atoms with van der Waals surface area (Å²) in [4.78, 5) is 4.84. The third-order valence-electron chi connectivity index (χ3n) is 2.38. The molecule has 0 amide bonds. The van der Waals surface area contributed by atoms with Crippen molar-refractivity contribution < 1.29 is 9.58 Å². The van der Waals surface area contributed by atoms with Crippen molar-refractivity contribution in [2.75, 3.05) is 25.1 Å². The van der Waals surface area contributed by atoms with E-state index in [1.165, 1.54) is 0 Å². The Labute approximate surface area is 105 Å². The molecule has 2 rings (SSSR count). The highest BCUT2D eigenvalue weighted by atomic mass is 16.5. The quantitative estimate of drug-likeness (QED) is 0.471. The predicted molar refractivity (Wildman–Crippen MR) is 68.1 cm³/mol. The molecule has 0 radical (unpaired) electrons. The summed E-state index contributed by atoms with van der Waals surface area (Å²) in [5.74, 6) is 0.323. The van der Waals surface area contributed by atoms with Gasteiger partial charge in [0.05, 0.1) is 11.7 Å². The third-order valence-corrected chi connectivity index (χ3v) is 2.38. The van der Waals surface area contributed by atoms with Crippen LogP contribution in [0.4, 0.5) is 5.95 Å². The zero-order valence-electron chi connectivity index (χ0n) is 10.3. The van der Waals surface area contributed by atoms with Crippen LogP contribution in [0.25, 0.3) is 11.0 Å². The van der Waals surface area contributed by atoms with Crippen molar-refractivity contribution in [1.82, 2.24) is 10.1 Å². The molecule has 0 bridgehead atoms. The fourth-order valence-corrected chi connectivity index (χ4v) is 1.55. The number of hydrogen-bond donors (Lipinski definition) is 1. The number of aromatic nitrogens is 3. The van der Waals surface area contributed by atoms with Gasteiger partial charge in [0, 0.05) is 19.2 Å². The Morgan fingerprint density at radius 3 is 3.00 bits per heavy atom. The maximum atomic E-state index is 11.6. The molecule has 6 nitrogen and oxygen atoms in total. The number of ether oxygens (including phenoxy) is 1. The lowest BCUT2D eigenvalue weighted by molar-refractivity contribution is -0.641. The normalized spacial score (nSPS) is 10.7. The molecular formula is C12H16N4O2. The number of nitrogens with zero attached hydrogens (tertiary/aromatic N) is 3. The lowest BCUT2D eigenvalue weighted by atomic mass is 10.3. The first-order chi connectivity index (χ1) is 8.81. The van der Waals surface area contributed by atoms with Crippen LogP contribution in [0, 0.1) is 5.21 Å². The predicted octanol–water partition coefficient (Wildman–Crippen LogP) is 1.10. The topological polar surface area (TPSA) is 74.0 Å². The smallest absolute Gasteiger partial charge is 0.290 e. The number of fused-ring (bicyclic) bond motifs is 1. The van der Waals surface area contributed by atoms with Gasteiger partial charge in [-0.3, -0.25) is 0 Å². The van der Waals surface area contributed by atoms with E-state index in [1.54, 1.807) is 18.2 Å². The van der Waals surface area contributed by atoms with Gasteiger partial charge in [-0.2, -0.15) is 0 Å². The maximum Gasteiger partial charge on any atom is 0.290 e. The van der Waals surface area contributed by atoms with Crippen molar-refractivity contribution >= 4 is 17.0 Å². The van der Waals surface area contributed by atoms with Gasteiger partial charge in [0.15, 0.2) is 0 Å². The first-order valence-corrected chi connectivity index (χ1v) is 5.99. The minimum absolute atomic E-state index is 0.323. The molecule has 0 unspecified atom stereocenters. The fraction of sp³-hybridized carbons (Fsp3) is 0.417. The Kier molecular flexibility index (Phi) is 4.25. The van der Waals surface area contributed by atoms with Gasteiger partial charge in [-0.15, -0.1) is 0 Å². The zero-order valence-corrected chi connectivity index (χ0v) is 10.3. The zero-order chi connectivity index (χ0) is 12.8. The molecule has 0 spiro atoms. The molecule has 96 valence electrons. The Bertz CT molecular complexity index is 518. The standard InChI is InChI=1S/C12H16N4O2/c1-2-8-18-9-7-13-12-14-10-5-3-4-6-11(10)16(17)15-12/h3-6H,2,7-9H2,1H3,(H,13,14,15). The molecule has 1 N–H and O–H groups in total. The van der Waals surface area contributed by atoms with Crippen molar-refractivity contribution in [3.05, 3.63) is 29.5 Å². The van der Waals surface area contributed by atoms with Crippen LogP contribution in [-0.4, -0.2) is 29.8 Å². The van der Waals surface area contributed by atoms with Crippen LogP contribution in [0.2, 0.25) is 0 Å². The highest BCUT2D eigenvalue weighted by Gasteiger charge is 2.08. The minimum atomic E-state index is 0.323. The van der Waals surface area contributed by atoms with E-state index in [2.05, 4.69) is 22.3 Å². The average Bonchev–Trinajstić information content (AvgIpc) is 2.39. The lowest BCUT2D eigenvalue weighted by Crippen LogP contribution is -2.33. The van der Waals surface area contributed by atoms with Gasteiger partial charge in [-0.05, 0) is 17.3 Å². The van der Waals surface area contributed by atoms with Gasteiger partial charge in [0.1, 0.15) is 5.52 Å². The molecule has 0 aliphatic heterocycles. The molecule has 1 aromatic heterocycles. The molecular weight excluding hydrogens is 232 g/mol. The first-order valence-electron chi connectivity index (χ1n) is 5.99. The number of anilines is 1. The largest absolute Gasteiger partial charge is 0.594 e. The van der Waals surface area contributed by atoms with Gasteiger partial charge in [0.25, 0.3) is 11.5 Å². The number of hydrogen-bond acceptors (Lipinski definition) is 5. The molecule has 0 fully saturated rings. The summed E-state index contributed by atoms with van der Waals surface area (Å²) in [5, 5.41) is 18.4. The molecule has 18 heavy (non-hydrogen) atoms. The highest BCUT2D eigenvalue weighted by Crippen LogP contribution is 2.07. The highest BCUT2D eigenvalue weighted by molar-refractivity contribution is 5.71. The van der Waals surface area contributed by atoms with Gasteiger partial charge in [-0.25, -0.2) is 4.98 Å². The van der Waals surface area contributed by atoms with E-state index in [4.69, 9.17) is 4.74 Å². The number of nitrogens with one attached hydrogen (secondary N) is 1. The summed E-state index contributed by atoms with van der Waals surface area (Å²) in [6, 6.07) is 7.09. The van der Waals surface area contributed by atoms with Crippen LogP contribution in [-0.2, 0) is 4.74 Å². The van der Waals surface area contributed by atoms with Crippen LogP contribution in [0.5, 0.6) is 0 Å². The van der Waals surface area contributed by atoms with Crippen LogP contribution < -0.4 is 10.2 Å². The SMILES string of the molecule is CCCOCCNc1nc2ccccc2[n+]([O-])n1. The lowest BCUT2D eigenvalue weighted by Gasteiger charge is -2.05. The van der Waals surface area contributed by atoms with Crippen LogP contribution in [0.1, 0.15) is 13.3 Å². The molecule has 0 aliphatic carbocycles. The van der Waals surface area contributed by atoms with E-state index in [0.29, 0.717) is 35.0 Å². The number of rotatable bonds is 6. The second-order valence-corrected chi connectivity index (χ2v) is 3.84. The Hall–Kier alpha value is -1.95. The molecule has 1 heterocycles. The van der Waals surface area contributed by atoms with Gasteiger partial charge < -0.3 is 15.3 Å². The van der Waals surface area contributed by atoms with Crippen molar-refractivity contribution in [1.29, 1.82) is 0 Å². The molecule has 0 saturated carbocycles. The molecule has 0 aliphatic rings. The number of benzene rings is 1. The van der Waals surface area contributed by atoms with Crippen LogP contribution in [0.3, 0.4) is 0 Å². The monoisotopic (exact) mass is 248 g/mol. The summed E-state index contributed by atoms with van der Waals surface area (Å²) in [5.41, 5.74) is 1.09. The van der Waals surface area contributed by atoms with E-state index in [0.717, 1.165) is 13.0 Å². The molecule has 2 aromatic rings. The molecule has 0 saturated heterocycles. The molecule has 6 heteroatoms. The van der Waals surface area contributed by atoms with Gasteiger partial charge in [-0.1, -0.05) is 19.1 Å². The second-order valence-electron chi connectivity index (χ2n) is 3.84. The summed E-state index contributed by atoms with van der Waals surface area (Å²) in [7, 11) is 0. The summed E-state index contributed by atoms with van der Waals surface area (Å²) in [6.07, 6.45) is 0.993. The van der Waals surface area contributed by atoms with E-state index >= 15 is 0 Å². The van der Waals surface area contributed by atoms with Crippen molar-refractivity contribution in [2.24, 2.45) is 0 Å². The summed E-state index contributed by atoms with van der Waals surface area (Å²) >= 11 is 0. The fourth-order valence-electron chi connectivity index (χ4n) is 1.55. The van der Waals surface area contributed by atoms with Crippen molar-refractivity contribution in [3.8, 4) is 0 Å². The maximum absolute atomic E-state index is 11.6. The van der Waals surface area contributed by atoms with E-state index < -0.39 is 0 Å². The van der Waals surface area contributed by atoms with Gasteiger partial charge >= 0.3 is 0 Å². The Morgan fingerprint density at radius 1 is 1.33 bits per heavy atom. The second kappa shape index (κ2) is 6.11. The molecule has 1 aromatic carbocycles. The van der Waals surface area contributed by atoms with E-state index in [-0.39, 0.29) is 0 Å². The van der Waals surface area contributed by atoms with Gasteiger partial charge in [0.2, 0.25) is 0 Å². The number of para-hydroxylation sites is 2.